The van der Waals surface area contributed by atoms with Gasteiger partial charge >= 0.3 is 0 Å². The van der Waals surface area contributed by atoms with Gasteiger partial charge < -0.3 is 11.1 Å². The third-order valence-corrected chi connectivity index (χ3v) is 3.83. The van der Waals surface area contributed by atoms with Gasteiger partial charge in [-0.15, -0.1) is 0 Å². The Hall–Kier alpha value is -3.28. The van der Waals surface area contributed by atoms with E-state index in [2.05, 4.69) is 15.3 Å². The zero-order valence-corrected chi connectivity index (χ0v) is 13.7. The van der Waals surface area contributed by atoms with Gasteiger partial charge in [0.1, 0.15) is 5.69 Å². The van der Waals surface area contributed by atoms with Crippen LogP contribution in [0.2, 0.25) is 0 Å². The number of rotatable bonds is 4. The SMILES string of the molecule is CCc1ccc(C(=O)Nc2cc(-c3ccc(F)nc3)ccc2N)nc1. The summed E-state index contributed by atoms with van der Waals surface area (Å²) >= 11 is 0. The number of aromatic nitrogens is 2. The molecular weight excluding hydrogens is 319 g/mol. The Kier molecular flexibility index (Phi) is 4.70. The molecule has 2 aromatic heterocycles. The molecule has 0 saturated carbocycles. The highest BCUT2D eigenvalue weighted by Crippen LogP contribution is 2.27. The lowest BCUT2D eigenvalue weighted by Gasteiger charge is -2.10. The minimum atomic E-state index is -0.547. The van der Waals surface area contributed by atoms with Gasteiger partial charge in [-0.25, -0.2) is 4.98 Å². The number of anilines is 2. The summed E-state index contributed by atoms with van der Waals surface area (Å²) < 4.78 is 13.0. The number of aryl methyl sites for hydroxylation is 1. The zero-order chi connectivity index (χ0) is 17.8. The van der Waals surface area contributed by atoms with Crippen molar-refractivity contribution in [3.8, 4) is 11.1 Å². The number of nitrogens with zero attached hydrogens (tertiary/aromatic N) is 2. The van der Waals surface area contributed by atoms with E-state index in [1.807, 2.05) is 13.0 Å². The predicted octanol–water partition coefficient (Wildman–Crippen LogP) is 3.68. The topological polar surface area (TPSA) is 80.9 Å². The number of nitrogens with one attached hydrogen (secondary N) is 1. The van der Waals surface area contributed by atoms with E-state index >= 15 is 0 Å². The molecule has 6 heteroatoms. The van der Waals surface area contributed by atoms with Crippen molar-refractivity contribution in [1.82, 2.24) is 9.97 Å². The minimum absolute atomic E-state index is 0.311. The maximum atomic E-state index is 13.0. The number of pyridine rings is 2. The first-order chi connectivity index (χ1) is 12.1. The number of hydrogen-bond donors (Lipinski definition) is 2. The fourth-order valence-electron chi connectivity index (χ4n) is 2.34. The smallest absolute Gasteiger partial charge is 0.274 e. The van der Waals surface area contributed by atoms with Gasteiger partial charge in [-0.05, 0) is 47.9 Å². The Morgan fingerprint density at radius 2 is 1.88 bits per heavy atom. The second-order valence-corrected chi connectivity index (χ2v) is 5.53. The number of halogens is 1. The normalized spacial score (nSPS) is 10.5. The largest absolute Gasteiger partial charge is 0.397 e. The Morgan fingerprint density at radius 1 is 1.08 bits per heavy atom. The van der Waals surface area contributed by atoms with Gasteiger partial charge in [-0.1, -0.05) is 19.1 Å². The van der Waals surface area contributed by atoms with Crippen molar-refractivity contribution in [2.75, 3.05) is 11.1 Å². The Balaban J connectivity index is 1.84. The molecule has 5 nitrogen and oxygen atoms in total. The Morgan fingerprint density at radius 3 is 2.52 bits per heavy atom. The van der Waals surface area contributed by atoms with Gasteiger partial charge in [-0.3, -0.25) is 9.78 Å². The summed E-state index contributed by atoms with van der Waals surface area (Å²) in [5.41, 5.74) is 9.71. The molecule has 0 unspecified atom stereocenters. The standard InChI is InChI=1S/C19H17FN4O/c1-2-12-3-7-16(22-10-12)19(25)24-17-9-13(4-6-15(17)21)14-5-8-18(20)23-11-14/h3-11H,2,21H2,1H3,(H,24,25). The van der Waals surface area contributed by atoms with Crippen LogP contribution in [0.15, 0.2) is 54.9 Å². The maximum absolute atomic E-state index is 13.0. The van der Waals surface area contributed by atoms with E-state index in [9.17, 15) is 9.18 Å². The molecular formula is C19H17FN4O. The summed E-state index contributed by atoms with van der Waals surface area (Å²) in [6.45, 7) is 2.02. The highest BCUT2D eigenvalue weighted by molar-refractivity contribution is 6.04. The molecule has 3 aromatic rings. The second-order valence-electron chi connectivity index (χ2n) is 5.53. The molecule has 0 radical (unpaired) electrons. The van der Waals surface area contributed by atoms with Crippen LogP contribution in [0.5, 0.6) is 0 Å². The van der Waals surface area contributed by atoms with Crippen molar-refractivity contribution in [2.24, 2.45) is 0 Å². The molecule has 0 aliphatic rings. The van der Waals surface area contributed by atoms with Gasteiger partial charge in [-0.2, -0.15) is 4.39 Å². The molecule has 1 aromatic carbocycles. The van der Waals surface area contributed by atoms with E-state index in [1.165, 1.54) is 12.3 Å². The lowest BCUT2D eigenvalue weighted by molar-refractivity contribution is 0.102. The van der Waals surface area contributed by atoms with Crippen LogP contribution in [0.25, 0.3) is 11.1 Å². The van der Waals surface area contributed by atoms with Crippen LogP contribution in [0.1, 0.15) is 23.0 Å². The number of hydrogen-bond acceptors (Lipinski definition) is 4. The molecule has 1 amide bonds. The first-order valence-electron chi connectivity index (χ1n) is 7.84. The molecule has 0 atom stereocenters. The number of nitrogen functional groups attached to an aromatic ring is 1. The third kappa shape index (κ3) is 3.80. The minimum Gasteiger partial charge on any atom is -0.397 e. The summed E-state index contributed by atoms with van der Waals surface area (Å²) in [6.07, 6.45) is 3.96. The molecule has 2 heterocycles. The zero-order valence-electron chi connectivity index (χ0n) is 13.7. The van der Waals surface area contributed by atoms with E-state index in [0.717, 1.165) is 23.1 Å². The van der Waals surface area contributed by atoms with E-state index in [4.69, 9.17) is 5.73 Å². The van der Waals surface area contributed by atoms with Crippen molar-refractivity contribution in [1.29, 1.82) is 0 Å². The summed E-state index contributed by atoms with van der Waals surface area (Å²) in [5.74, 6) is -0.891. The quantitative estimate of drug-likeness (QED) is 0.562. The number of carbonyl (C=O) groups excluding carboxylic acids is 1. The fourth-order valence-corrected chi connectivity index (χ4v) is 2.34. The monoisotopic (exact) mass is 336 g/mol. The average Bonchev–Trinajstić information content (AvgIpc) is 2.64. The van der Waals surface area contributed by atoms with Gasteiger partial charge in [0, 0.05) is 18.0 Å². The molecule has 0 spiro atoms. The van der Waals surface area contributed by atoms with Crippen LogP contribution in [-0.2, 0) is 6.42 Å². The molecule has 0 fully saturated rings. The molecule has 0 aliphatic heterocycles. The van der Waals surface area contributed by atoms with Crippen LogP contribution in [0.3, 0.4) is 0 Å². The van der Waals surface area contributed by atoms with Crippen molar-refractivity contribution >= 4 is 17.3 Å². The Labute approximate surface area is 144 Å². The highest BCUT2D eigenvalue weighted by atomic mass is 19.1. The van der Waals surface area contributed by atoms with Crippen molar-refractivity contribution in [3.05, 3.63) is 72.1 Å². The van der Waals surface area contributed by atoms with Crippen molar-refractivity contribution in [2.45, 2.75) is 13.3 Å². The maximum Gasteiger partial charge on any atom is 0.274 e. The molecule has 3 rings (SSSR count). The molecule has 25 heavy (non-hydrogen) atoms. The molecule has 126 valence electrons. The summed E-state index contributed by atoms with van der Waals surface area (Å²) in [7, 11) is 0. The predicted molar refractivity (Wildman–Crippen MR) is 95.6 cm³/mol. The summed E-state index contributed by atoms with van der Waals surface area (Å²) in [5, 5.41) is 2.76. The summed E-state index contributed by atoms with van der Waals surface area (Å²) in [4.78, 5) is 20.2. The molecule has 0 aliphatic carbocycles. The van der Waals surface area contributed by atoms with Gasteiger partial charge in [0.15, 0.2) is 0 Å². The lowest BCUT2D eigenvalue weighted by Crippen LogP contribution is -2.14. The van der Waals surface area contributed by atoms with E-state index < -0.39 is 5.95 Å². The van der Waals surface area contributed by atoms with Crippen LogP contribution in [0.4, 0.5) is 15.8 Å². The van der Waals surface area contributed by atoms with Gasteiger partial charge in [0.25, 0.3) is 5.91 Å². The van der Waals surface area contributed by atoms with E-state index in [0.29, 0.717) is 17.1 Å². The van der Waals surface area contributed by atoms with E-state index in [-0.39, 0.29) is 5.91 Å². The van der Waals surface area contributed by atoms with Gasteiger partial charge in [0.2, 0.25) is 5.95 Å². The number of nitrogens with two attached hydrogens (primary N) is 1. The van der Waals surface area contributed by atoms with Crippen molar-refractivity contribution < 1.29 is 9.18 Å². The average molecular weight is 336 g/mol. The molecule has 3 N–H and O–H groups in total. The number of amides is 1. The molecule has 0 bridgehead atoms. The van der Waals surface area contributed by atoms with Gasteiger partial charge in [0.05, 0.1) is 11.4 Å². The first-order valence-corrected chi connectivity index (χ1v) is 7.84. The lowest BCUT2D eigenvalue weighted by atomic mass is 10.1. The van der Waals surface area contributed by atoms with Crippen molar-refractivity contribution in [3.63, 3.8) is 0 Å². The van der Waals surface area contributed by atoms with Crippen LogP contribution in [-0.4, -0.2) is 15.9 Å². The second kappa shape index (κ2) is 7.09. The van der Waals surface area contributed by atoms with E-state index in [1.54, 1.807) is 36.5 Å². The van der Waals surface area contributed by atoms with Crippen LogP contribution >= 0.6 is 0 Å². The first kappa shape index (κ1) is 16.6. The summed E-state index contributed by atoms with van der Waals surface area (Å²) in [6, 6.07) is 11.6. The Bertz CT molecular complexity index is 892. The third-order valence-electron chi connectivity index (χ3n) is 3.83. The molecule has 0 saturated heterocycles. The number of benzene rings is 1. The van der Waals surface area contributed by atoms with Crippen LogP contribution < -0.4 is 11.1 Å². The van der Waals surface area contributed by atoms with Crippen LogP contribution in [0, 0.1) is 5.95 Å². The number of carbonyl (C=O) groups is 1. The fraction of sp³-hybridized carbons (Fsp3) is 0.105. The highest BCUT2D eigenvalue weighted by Gasteiger charge is 2.11.